The molecule has 0 N–H and O–H groups in total. The minimum Gasteiger partial charge on any atom is -0.341 e. The molecular formula is C22H33N3O. The molecule has 1 aliphatic carbocycles. The fourth-order valence-corrected chi connectivity index (χ4v) is 5.17. The number of carbonyl (C=O) groups is 1. The van der Waals surface area contributed by atoms with Crippen LogP contribution < -0.4 is 0 Å². The summed E-state index contributed by atoms with van der Waals surface area (Å²) in [4.78, 5) is 21.1. The van der Waals surface area contributed by atoms with Gasteiger partial charge in [-0.25, -0.2) is 0 Å². The van der Waals surface area contributed by atoms with E-state index in [4.69, 9.17) is 0 Å². The van der Waals surface area contributed by atoms with Crippen LogP contribution >= 0.6 is 0 Å². The van der Waals surface area contributed by atoms with E-state index in [1.807, 2.05) is 0 Å². The van der Waals surface area contributed by atoms with Crippen LogP contribution in [0.15, 0.2) is 24.3 Å². The van der Waals surface area contributed by atoms with Crippen LogP contribution in [-0.4, -0.2) is 72.0 Å². The maximum Gasteiger partial charge on any atom is 0.243 e. The molecule has 4 rings (SSSR count). The van der Waals surface area contributed by atoms with Crippen molar-refractivity contribution in [2.75, 3.05) is 45.8 Å². The first-order chi connectivity index (χ1) is 12.7. The highest BCUT2D eigenvalue weighted by Crippen LogP contribution is 2.37. The molecule has 2 aliphatic heterocycles. The van der Waals surface area contributed by atoms with Crippen molar-refractivity contribution in [3.05, 3.63) is 35.4 Å². The van der Waals surface area contributed by atoms with E-state index >= 15 is 0 Å². The number of benzene rings is 1. The molecule has 26 heavy (non-hydrogen) atoms. The van der Waals surface area contributed by atoms with Crippen LogP contribution in [0.4, 0.5) is 0 Å². The number of carbonyl (C=O) groups excluding carboxylic acids is 1. The summed E-state index contributed by atoms with van der Waals surface area (Å²) in [6, 6.07) is 8.71. The number of likely N-dealkylation sites (tertiary alicyclic amines) is 1. The van der Waals surface area contributed by atoms with Crippen molar-refractivity contribution in [1.82, 2.24) is 14.7 Å². The van der Waals surface area contributed by atoms with Gasteiger partial charge in [0.1, 0.15) is 5.54 Å². The van der Waals surface area contributed by atoms with Crippen LogP contribution in [0.3, 0.4) is 0 Å². The van der Waals surface area contributed by atoms with Crippen LogP contribution in [0.25, 0.3) is 0 Å². The summed E-state index contributed by atoms with van der Waals surface area (Å²) in [5.74, 6) is 0.403. The lowest BCUT2D eigenvalue weighted by Crippen LogP contribution is -2.64. The Hall–Kier alpha value is -1.39. The van der Waals surface area contributed by atoms with Crippen molar-refractivity contribution >= 4 is 5.91 Å². The third-order valence-electron chi connectivity index (χ3n) is 6.80. The first-order valence-electron chi connectivity index (χ1n) is 10.6. The van der Waals surface area contributed by atoms with E-state index in [0.29, 0.717) is 5.91 Å². The van der Waals surface area contributed by atoms with Gasteiger partial charge in [-0.2, -0.15) is 0 Å². The van der Waals surface area contributed by atoms with Crippen LogP contribution in [0.1, 0.15) is 43.7 Å². The number of fused-ring (bicyclic) bond motifs is 1. The highest BCUT2D eigenvalue weighted by atomic mass is 16.2. The molecule has 0 spiro atoms. The van der Waals surface area contributed by atoms with E-state index in [1.54, 1.807) is 0 Å². The number of likely N-dealkylation sites (N-methyl/N-ethyl adjacent to an activating group) is 1. The van der Waals surface area contributed by atoms with E-state index in [-0.39, 0.29) is 5.54 Å². The third-order valence-corrected chi connectivity index (χ3v) is 6.80. The molecule has 0 atom stereocenters. The fourth-order valence-electron chi connectivity index (χ4n) is 5.17. The number of amides is 1. The Morgan fingerprint density at radius 2 is 1.46 bits per heavy atom. The van der Waals surface area contributed by atoms with Crippen molar-refractivity contribution in [2.24, 2.45) is 0 Å². The number of hydrogen-bond acceptors (Lipinski definition) is 3. The van der Waals surface area contributed by atoms with Gasteiger partial charge in [0.25, 0.3) is 0 Å². The number of nitrogens with zero attached hydrogens (tertiary/aromatic N) is 3. The molecule has 4 heteroatoms. The highest BCUT2D eigenvalue weighted by Gasteiger charge is 2.50. The lowest BCUT2D eigenvalue weighted by atomic mass is 9.90. The molecule has 2 heterocycles. The van der Waals surface area contributed by atoms with Crippen LogP contribution in [-0.2, 0) is 17.6 Å². The fraction of sp³-hybridized carbons (Fsp3) is 0.682. The van der Waals surface area contributed by atoms with Crippen LogP contribution in [0.2, 0.25) is 0 Å². The Morgan fingerprint density at radius 3 is 2.00 bits per heavy atom. The van der Waals surface area contributed by atoms with Gasteiger partial charge in [0.2, 0.25) is 5.91 Å². The van der Waals surface area contributed by atoms with Gasteiger partial charge >= 0.3 is 0 Å². The molecule has 1 amide bonds. The van der Waals surface area contributed by atoms with Crippen LogP contribution in [0.5, 0.6) is 0 Å². The van der Waals surface area contributed by atoms with E-state index in [0.717, 1.165) is 58.7 Å². The predicted molar refractivity (Wildman–Crippen MR) is 105 cm³/mol. The minimum atomic E-state index is -0.339. The second kappa shape index (κ2) is 7.69. The zero-order valence-electron chi connectivity index (χ0n) is 16.3. The predicted octanol–water partition coefficient (Wildman–Crippen LogP) is 2.56. The smallest absolute Gasteiger partial charge is 0.243 e. The first-order valence-corrected chi connectivity index (χ1v) is 10.6. The van der Waals surface area contributed by atoms with E-state index in [9.17, 15) is 4.79 Å². The summed E-state index contributed by atoms with van der Waals surface area (Å²) in [6.45, 7) is 9.45. The summed E-state index contributed by atoms with van der Waals surface area (Å²) in [6.07, 6.45) is 6.66. The SMILES string of the molecule is CCN1CCN(C2(C(=O)N3CCCCCC3)Cc3ccccc3C2)CC1. The topological polar surface area (TPSA) is 26.8 Å². The second-order valence-electron chi connectivity index (χ2n) is 8.28. The molecule has 0 saturated carbocycles. The lowest BCUT2D eigenvalue weighted by molar-refractivity contribution is -0.145. The Morgan fingerprint density at radius 1 is 0.885 bits per heavy atom. The molecule has 3 aliphatic rings. The Balaban J connectivity index is 1.61. The zero-order valence-corrected chi connectivity index (χ0v) is 16.3. The summed E-state index contributed by atoms with van der Waals surface area (Å²) in [5.41, 5.74) is 2.43. The monoisotopic (exact) mass is 355 g/mol. The zero-order chi connectivity index (χ0) is 18.0. The molecular weight excluding hydrogens is 322 g/mol. The molecule has 2 saturated heterocycles. The molecule has 0 radical (unpaired) electrons. The van der Waals surface area contributed by atoms with Gasteiger partial charge in [0.05, 0.1) is 0 Å². The molecule has 1 aromatic rings. The highest BCUT2D eigenvalue weighted by molar-refractivity contribution is 5.88. The quantitative estimate of drug-likeness (QED) is 0.834. The standard InChI is InChI=1S/C22H33N3O/c1-2-23-13-15-25(16-14-23)22(17-19-9-5-6-10-20(19)18-22)21(26)24-11-7-3-4-8-12-24/h5-6,9-10H,2-4,7-8,11-18H2,1H3. The summed E-state index contributed by atoms with van der Waals surface area (Å²) >= 11 is 0. The summed E-state index contributed by atoms with van der Waals surface area (Å²) < 4.78 is 0. The molecule has 0 bridgehead atoms. The number of hydrogen-bond donors (Lipinski definition) is 0. The number of piperazine rings is 1. The summed E-state index contributed by atoms with van der Waals surface area (Å²) in [7, 11) is 0. The van der Waals surface area contributed by atoms with Crippen molar-refractivity contribution in [3.8, 4) is 0 Å². The average Bonchev–Trinajstić information content (AvgIpc) is 2.88. The van der Waals surface area contributed by atoms with Crippen LogP contribution in [0, 0.1) is 0 Å². The Labute approximate surface area is 158 Å². The largest absolute Gasteiger partial charge is 0.341 e. The molecule has 2 fully saturated rings. The molecule has 0 aromatic heterocycles. The average molecular weight is 356 g/mol. The number of rotatable bonds is 3. The van der Waals surface area contributed by atoms with Crippen molar-refractivity contribution in [2.45, 2.75) is 51.0 Å². The Bertz CT molecular complexity index is 603. The molecule has 142 valence electrons. The third kappa shape index (κ3) is 3.29. The van der Waals surface area contributed by atoms with Gasteiger partial charge in [-0.1, -0.05) is 44.0 Å². The van der Waals surface area contributed by atoms with Gasteiger partial charge < -0.3 is 9.80 Å². The lowest BCUT2D eigenvalue weighted by Gasteiger charge is -2.46. The van der Waals surface area contributed by atoms with Crippen molar-refractivity contribution in [1.29, 1.82) is 0 Å². The second-order valence-corrected chi connectivity index (χ2v) is 8.28. The van der Waals surface area contributed by atoms with E-state index in [1.165, 1.54) is 36.8 Å². The van der Waals surface area contributed by atoms with Gasteiger partial charge in [0, 0.05) is 52.1 Å². The van der Waals surface area contributed by atoms with Gasteiger partial charge in [-0.3, -0.25) is 9.69 Å². The summed E-state index contributed by atoms with van der Waals surface area (Å²) in [5, 5.41) is 0. The van der Waals surface area contributed by atoms with E-state index < -0.39 is 0 Å². The molecule has 0 unspecified atom stereocenters. The molecule has 4 nitrogen and oxygen atoms in total. The maximum atomic E-state index is 13.9. The van der Waals surface area contributed by atoms with Gasteiger partial charge in [-0.05, 0) is 30.5 Å². The van der Waals surface area contributed by atoms with E-state index in [2.05, 4.69) is 45.9 Å². The van der Waals surface area contributed by atoms with Gasteiger partial charge in [-0.15, -0.1) is 0 Å². The minimum absolute atomic E-state index is 0.339. The van der Waals surface area contributed by atoms with Crippen molar-refractivity contribution in [3.63, 3.8) is 0 Å². The Kier molecular flexibility index (Phi) is 5.32. The maximum absolute atomic E-state index is 13.9. The first kappa shape index (κ1) is 18.0. The molecule has 1 aromatic carbocycles. The van der Waals surface area contributed by atoms with Crippen molar-refractivity contribution < 1.29 is 4.79 Å². The normalized spacial score (nSPS) is 24.3. The van der Waals surface area contributed by atoms with Gasteiger partial charge in [0.15, 0.2) is 0 Å².